The Kier molecular flexibility index (Phi) is 3.58. The topological polar surface area (TPSA) is 0 Å². The predicted molar refractivity (Wildman–Crippen MR) is 75.7 cm³/mol. The molecule has 0 aliphatic rings. The Morgan fingerprint density at radius 3 is 2.62 bits per heavy atom. The molecule has 0 aliphatic heterocycles. The van der Waals surface area contributed by atoms with Gasteiger partial charge in [-0.25, -0.2) is 0 Å². The maximum Gasteiger partial charge on any atom is -0.00888 e. The molecule has 0 nitrogen and oxygen atoms in total. The average Bonchev–Trinajstić information content (AvgIpc) is 2.35. The number of hydrogen-bond acceptors (Lipinski definition) is 0. The highest BCUT2D eigenvalue weighted by molar-refractivity contribution is 9.11. The Balaban J connectivity index is 2.64. The number of rotatable bonds is 3. The van der Waals surface area contributed by atoms with Crippen molar-refractivity contribution >= 4 is 32.3 Å². The van der Waals surface area contributed by atoms with Gasteiger partial charge in [0.15, 0.2) is 0 Å². The highest BCUT2D eigenvalue weighted by Gasteiger charge is 2.03. The molecule has 2 rings (SSSR count). The maximum absolute atomic E-state index is 3.79. The third kappa shape index (κ3) is 2.10. The number of halogens is 1. The molecule has 80 valence electrons. The minimum atomic E-state index is 0.874. The second-order valence-electron chi connectivity index (χ2n) is 3.65. The Bertz CT molecular complexity index is 533. The van der Waals surface area contributed by atoms with E-state index in [9.17, 15) is 0 Å². The average molecular weight is 273 g/mol. The third-order valence-corrected chi connectivity index (χ3v) is 3.18. The third-order valence-electron chi connectivity index (χ3n) is 2.63. The molecule has 0 saturated carbocycles. The zero-order chi connectivity index (χ0) is 11.4. The molecule has 2 aromatic carbocycles. The van der Waals surface area contributed by atoms with Gasteiger partial charge in [-0.15, -0.1) is 6.58 Å². The van der Waals surface area contributed by atoms with Gasteiger partial charge < -0.3 is 0 Å². The van der Waals surface area contributed by atoms with Crippen molar-refractivity contribution in [1.82, 2.24) is 0 Å². The first-order valence-corrected chi connectivity index (χ1v) is 6.16. The van der Waals surface area contributed by atoms with Gasteiger partial charge in [-0.3, -0.25) is 0 Å². The smallest absolute Gasteiger partial charge is 0.00888 e. The van der Waals surface area contributed by atoms with Crippen LogP contribution in [0, 0.1) is 0 Å². The minimum absolute atomic E-state index is 0.874. The van der Waals surface area contributed by atoms with Crippen LogP contribution < -0.4 is 0 Å². The molecular weight excluding hydrogens is 260 g/mol. The zero-order valence-electron chi connectivity index (χ0n) is 8.99. The lowest BCUT2D eigenvalue weighted by Gasteiger charge is -2.08. The lowest BCUT2D eigenvalue weighted by molar-refractivity contribution is 1.42. The van der Waals surface area contributed by atoms with Crippen LogP contribution >= 0.6 is 15.9 Å². The van der Waals surface area contributed by atoms with Gasteiger partial charge in [0.25, 0.3) is 0 Å². The molecular formula is C15H13Br. The van der Waals surface area contributed by atoms with Gasteiger partial charge in [-0.2, -0.15) is 0 Å². The van der Waals surface area contributed by atoms with Crippen LogP contribution in [0.5, 0.6) is 0 Å². The lowest BCUT2D eigenvalue weighted by atomic mass is 9.97. The van der Waals surface area contributed by atoms with Crippen molar-refractivity contribution in [2.45, 2.75) is 6.42 Å². The van der Waals surface area contributed by atoms with E-state index in [0.29, 0.717) is 0 Å². The molecule has 0 aromatic heterocycles. The van der Waals surface area contributed by atoms with Crippen LogP contribution in [0.25, 0.3) is 16.3 Å². The van der Waals surface area contributed by atoms with Crippen LogP contribution in [0.15, 0.2) is 60.1 Å². The minimum Gasteiger partial charge on any atom is -0.103 e. The molecule has 16 heavy (non-hydrogen) atoms. The molecule has 0 unspecified atom stereocenters. The molecule has 0 heterocycles. The molecule has 0 atom stereocenters. The fourth-order valence-electron chi connectivity index (χ4n) is 1.87. The van der Waals surface area contributed by atoms with E-state index in [1.165, 1.54) is 21.9 Å². The first-order valence-electron chi connectivity index (χ1n) is 5.25. The number of hydrogen-bond donors (Lipinski definition) is 0. The van der Waals surface area contributed by atoms with Crippen molar-refractivity contribution in [1.29, 1.82) is 0 Å². The van der Waals surface area contributed by atoms with Gasteiger partial charge in [0.1, 0.15) is 0 Å². The maximum atomic E-state index is 3.79. The van der Waals surface area contributed by atoms with Gasteiger partial charge >= 0.3 is 0 Å². The van der Waals surface area contributed by atoms with E-state index >= 15 is 0 Å². The largest absolute Gasteiger partial charge is 0.103 e. The predicted octanol–water partition coefficient (Wildman–Crippen LogP) is 5.15. The number of allylic oxidation sites excluding steroid dienone is 2. The highest BCUT2D eigenvalue weighted by Crippen LogP contribution is 2.28. The quantitative estimate of drug-likeness (QED) is 0.678. The summed E-state index contributed by atoms with van der Waals surface area (Å²) in [6.45, 7) is 3.79. The van der Waals surface area contributed by atoms with Gasteiger partial charge in [0, 0.05) is 0 Å². The van der Waals surface area contributed by atoms with E-state index in [1.807, 2.05) is 11.1 Å². The van der Waals surface area contributed by atoms with Crippen molar-refractivity contribution in [2.75, 3.05) is 0 Å². The van der Waals surface area contributed by atoms with Crippen LogP contribution in [0.4, 0.5) is 0 Å². The van der Waals surface area contributed by atoms with Crippen molar-refractivity contribution in [3.05, 3.63) is 65.7 Å². The van der Waals surface area contributed by atoms with Crippen LogP contribution in [0.3, 0.4) is 0 Å². The van der Waals surface area contributed by atoms with Crippen molar-refractivity contribution in [2.24, 2.45) is 0 Å². The second kappa shape index (κ2) is 5.13. The molecule has 1 heteroatoms. The van der Waals surface area contributed by atoms with Crippen LogP contribution in [0.2, 0.25) is 0 Å². The van der Waals surface area contributed by atoms with Crippen molar-refractivity contribution in [3.8, 4) is 0 Å². The van der Waals surface area contributed by atoms with Gasteiger partial charge in [-0.1, -0.05) is 64.5 Å². The van der Waals surface area contributed by atoms with E-state index in [1.54, 1.807) is 0 Å². The van der Waals surface area contributed by atoms with Crippen molar-refractivity contribution in [3.63, 3.8) is 0 Å². The summed E-state index contributed by atoms with van der Waals surface area (Å²) in [6, 6.07) is 14.8. The van der Waals surface area contributed by atoms with Crippen molar-refractivity contribution < 1.29 is 0 Å². The summed E-state index contributed by atoms with van der Waals surface area (Å²) in [6.07, 6.45) is 2.80. The molecule has 0 aliphatic carbocycles. The summed E-state index contributed by atoms with van der Waals surface area (Å²) < 4.78 is 0. The van der Waals surface area contributed by atoms with E-state index in [0.717, 1.165) is 6.42 Å². The van der Waals surface area contributed by atoms with Gasteiger partial charge in [0.05, 0.1) is 0 Å². The van der Waals surface area contributed by atoms with Crippen LogP contribution in [-0.4, -0.2) is 0 Å². The molecule has 2 aromatic rings. The first kappa shape index (κ1) is 11.2. The summed E-state index contributed by atoms with van der Waals surface area (Å²) in [4.78, 5) is 1.98. The fraction of sp³-hybridized carbons (Fsp3) is 0.0667. The number of benzene rings is 2. The molecule has 0 bridgehead atoms. The Labute approximate surface area is 104 Å². The monoisotopic (exact) mass is 272 g/mol. The highest BCUT2D eigenvalue weighted by atomic mass is 79.9. The SMILES string of the molecule is C=CC/C(=C/Br)c1cccc2ccccc12. The molecule has 0 N–H and O–H groups in total. The lowest BCUT2D eigenvalue weighted by Crippen LogP contribution is -1.85. The first-order chi connectivity index (χ1) is 7.86. The molecule has 0 radical (unpaired) electrons. The standard InChI is InChI=1S/C15H13Br/c1-2-6-13(11-16)15-10-5-8-12-7-3-4-9-14(12)15/h2-5,7-11H,1,6H2/b13-11-. The Morgan fingerprint density at radius 1 is 1.12 bits per heavy atom. The Morgan fingerprint density at radius 2 is 1.88 bits per heavy atom. The molecule has 0 fully saturated rings. The molecule has 0 spiro atoms. The fourth-order valence-corrected chi connectivity index (χ4v) is 2.31. The zero-order valence-corrected chi connectivity index (χ0v) is 10.6. The number of fused-ring (bicyclic) bond motifs is 1. The summed E-state index contributed by atoms with van der Waals surface area (Å²) >= 11 is 3.43. The summed E-state index contributed by atoms with van der Waals surface area (Å²) in [7, 11) is 0. The van der Waals surface area contributed by atoms with Gasteiger partial charge in [-0.05, 0) is 33.3 Å². The summed E-state index contributed by atoms with van der Waals surface area (Å²) in [5.41, 5.74) is 2.53. The van der Waals surface area contributed by atoms with E-state index < -0.39 is 0 Å². The van der Waals surface area contributed by atoms with Crippen LogP contribution in [0.1, 0.15) is 12.0 Å². The molecule has 0 saturated heterocycles. The summed E-state index contributed by atoms with van der Waals surface area (Å²) in [5, 5.41) is 2.56. The second-order valence-corrected chi connectivity index (χ2v) is 4.11. The Hall–Kier alpha value is -1.34. The normalized spacial score (nSPS) is 11.7. The molecule has 0 amide bonds. The summed E-state index contributed by atoms with van der Waals surface area (Å²) in [5.74, 6) is 0. The van der Waals surface area contributed by atoms with E-state index in [4.69, 9.17) is 0 Å². The van der Waals surface area contributed by atoms with Gasteiger partial charge in [0.2, 0.25) is 0 Å². The van der Waals surface area contributed by atoms with E-state index in [-0.39, 0.29) is 0 Å². The van der Waals surface area contributed by atoms with E-state index in [2.05, 4.69) is 65.0 Å². The van der Waals surface area contributed by atoms with Crippen LogP contribution in [-0.2, 0) is 0 Å².